The van der Waals surface area contributed by atoms with Gasteiger partial charge in [-0.1, -0.05) is 11.6 Å². The fraction of sp³-hybridized carbons (Fsp3) is 0.538. The summed E-state index contributed by atoms with van der Waals surface area (Å²) >= 11 is 7.66. The van der Waals surface area contributed by atoms with Crippen LogP contribution in [0.4, 0.5) is 4.39 Å². The van der Waals surface area contributed by atoms with Gasteiger partial charge in [0, 0.05) is 41.2 Å². The van der Waals surface area contributed by atoms with Gasteiger partial charge in [0.05, 0.1) is 0 Å². The molecular formula is C13H18ClFN2O2S2. The summed E-state index contributed by atoms with van der Waals surface area (Å²) in [5, 5.41) is 3.03. The molecule has 0 bridgehead atoms. The lowest BCUT2D eigenvalue weighted by Gasteiger charge is -2.32. The number of rotatable bonds is 4. The second-order valence-electron chi connectivity index (χ2n) is 4.95. The van der Waals surface area contributed by atoms with Crippen LogP contribution in [0.15, 0.2) is 17.0 Å². The monoisotopic (exact) mass is 352 g/mol. The van der Waals surface area contributed by atoms with Crippen LogP contribution in [0, 0.1) is 5.82 Å². The van der Waals surface area contributed by atoms with Crippen molar-refractivity contribution in [1.82, 2.24) is 9.62 Å². The quantitative estimate of drug-likeness (QED) is 0.903. The highest BCUT2D eigenvalue weighted by Gasteiger charge is 2.34. The zero-order valence-electron chi connectivity index (χ0n) is 11.9. The van der Waals surface area contributed by atoms with Crippen LogP contribution in [0.2, 0.25) is 5.02 Å². The molecule has 21 heavy (non-hydrogen) atoms. The van der Waals surface area contributed by atoms with Crippen LogP contribution in [0.25, 0.3) is 0 Å². The first-order valence-electron chi connectivity index (χ1n) is 6.60. The molecule has 1 fully saturated rings. The number of nitrogens with zero attached hydrogens (tertiary/aromatic N) is 1. The molecule has 1 aromatic rings. The van der Waals surface area contributed by atoms with Crippen molar-refractivity contribution in [1.29, 1.82) is 0 Å². The van der Waals surface area contributed by atoms with Crippen molar-refractivity contribution in [2.24, 2.45) is 0 Å². The van der Waals surface area contributed by atoms with Crippen molar-refractivity contribution < 1.29 is 12.8 Å². The highest BCUT2D eigenvalue weighted by molar-refractivity contribution is 7.99. The summed E-state index contributed by atoms with van der Waals surface area (Å²) in [6.45, 7) is 2.45. The van der Waals surface area contributed by atoms with Crippen molar-refractivity contribution in [3.63, 3.8) is 0 Å². The van der Waals surface area contributed by atoms with Gasteiger partial charge < -0.3 is 5.32 Å². The van der Waals surface area contributed by atoms with Gasteiger partial charge in [-0.05, 0) is 26.1 Å². The van der Waals surface area contributed by atoms with Gasteiger partial charge in [0.2, 0.25) is 10.0 Å². The number of benzene rings is 1. The molecule has 8 heteroatoms. The van der Waals surface area contributed by atoms with Gasteiger partial charge >= 0.3 is 0 Å². The molecule has 1 heterocycles. The second kappa shape index (κ2) is 6.83. The molecule has 1 aromatic carbocycles. The molecule has 2 rings (SSSR count). The Balaban J connectivity index is 2.49. The number of thioether (sulfide) groups is 1. The first-order valence-corrected chi connectivity index (χ1v) is 9.57. The smallest absolute Gasteiger partial charge is 0.246 e. The standard InChI is InChI=1S/C13H18ClFN2O2S2/c1-9-8-20-4-3-17(9)21(18,19)12-6-11(14)5-10(7-16-2)13(12)15/h5-6,9,16H,3-4,7-8H2,1-2H3. The molecule has 0 amide bonds. The first-order chi connectivity index (χ1) is 9.87. The van der Waals surface area contributed by atoms with Crippen LogP contribution in [0.1, 0.15) is 12.5 Å². The third-order valence-electron chi connectivity index (χ3n) is 3.34. The fourth-order valence-corrected chi connectivity index (χ4v) is 5.62. The van der Waals surface area contributed by atoms with E-state index in [0.29, 0.717) is 12.3 Å². The highest BCUT2D eigenvalue weighted by atomic mass is 35.5. The van der Waals surface area contributed by atoms with Gasteiger partial charge in [0.25, 0.3) is 0 Å². The van der Waals surface area contributed by atoms with Crippen molar-refractivity contribution in [2.75, 3.05) is 25.1 Å². The number of halogens is 2. The molecule has 1 aliphatic rings. The van der Waals surface area contributed by atoms with E-state index in [4.69, 9.17) is 11.6 Å². The van der Waals surface area contributed by atoms with Gasteiger partial charge in [0.15, 0.2) is 0 Å². The lowest BCUT2D eigenvalue weighted by Crippen LogP contribution is -2.44. The van der Waals surface area contributed by atoms with Gasteiger partial charge in [-0.25, -0.2) is 12.8 Å². The largest absolute Gasteiger partial charge is 0.316 e. The summed E-state index contributed by atoms with van der Waals surface area (Å²) in [6.07, 6.45) is 0. The summed E-state index contributed by atoms with van der Waals surface area (Å²) in [6, 6.07) is 2.49. The number of hydrogen-bond acceptors (Lipinski definition) is 4. The maximum atomic E-state index is 14.5. The topological polar surface area (TPSA) is 49.4 Å². The van der Waals surface area contributed by atoms with E-state index in [1.54, 1.807) is 18.8 Å². The lowest BCUT2D eigenvalue weighted by atomic mass is 10.2. The average molecular weight is 353 g/mol. The van der Waals surface area contributed by atoms with E-state index < -0.39 is 15.8 Å². The summed E-state index contributed by atoms with van der Waals surface area (Å²) in [5.74, 6) is 0.707. The predicted octanol–water partition coefficient (Wildman–Crippen LogP) is 2.32. The average Bonchev–Trinajstić information content (AvgIpc) is 2.43. The SMILES string of the molecule is CNCc1cc(Cl)cc(S(=O)(=O)N2CCSCC2C)c1F. The minimum atomic E-state index is -3.87. The fourth-order valence-electron chi connectivity index (χ4n) is 2.32. The third-order valence-corrected chi connectivity index (χ3v) is 6.76. The normalized spacial score (nSPS) is 20.7. The molecule has 0 aliphatic carbocycles. The van der Waals surface area contributed by atoms with Crippen molar-refractivity contribution in [3.8, 4) is 0 Å². The molecule has 1 saturated heterocycles. The van der Waals surface area contributed by atoms with Gasteiger partial charge in [-0.2, -0.15) is 16.1 Å². The van der Waals surface area contributed by atoms with Gasteiger partial charge in [-0.3, -0.25) is 0 Å². The molecule has 1 N–H and O–H groups in total. The molecule has 1 atom stereocenters. The first kappa shape index (κ1) is 17.0. The van der Waals surface area contributed by atoms with E-state index in [-0.39, 0.29) is 28.1 Å². The number of hydrogen-bond donors (Lipinski definition) is 1. The second-order valence-corrected chi connectivity index (χ2v) is 8.39. The Kier molecular flexibility index (Phi) is 5.54. The molecule has 0 saturated carbocycles. The van der Waals surface area contributed by atoms with Gasteiger partial charge in [0.1, 0.15) is 10.7 Å². The van der Waals surface area contributed by atoms with Gasteiger partial charge in [-0.15, -0.1) is 0 Å². The van der Waals surface area contributed by atoms with Crippen LogP contribution < -0.4 is 5.32 Å². The van der Waals surface area contributed by atoms with Crippen LogP contribution >= 0.6 is 23.4 Å². The summed E-state index contributed by atoms with van der Waals surface area (Å²) in [7, 11) is -2.21. The van der Waals surface area contributed by atoms with Crippen molar-refractivity contribution in [3.05, 3.63) is 28.5 Å². The maximum absolute atomic E-state index is 14.5. The molecule has 1 aliphatic heterocycles. The summed E-state index contributed by atoms with van der Waals surface area (Å²) < 4.78 is 41.3. The van der Waals surface area contributed by atoms with E-state index in [2.05, 4.69) is 5.32 Å². The van der Waals surface area contributed by atoms with Crippen LogP contribution in [-0.4, -0.2) is 43.9 Å². The molecule has 0 radical (unpaired) electrons. The molecule has 118 valence electrons. The van der Waals surface area contributed by atoms with Crippen molar-refractivity contribution in [2.45, 2.75) is 24.4 Å². The zero-order chi connectivity index (χ0) is 15.6. The lowest BCUT2D eigenvalue weighted by molar-refractivity contribution is 0.365. The minimum absolute atomic E-state index is 0.153. The Morgan fingerprint density at radius 3 is 2.86 bits per heavy atom. The van der Waals surface area contributed by atoms with Crippen LogP contribution in [0.5, 0.6) is 0 Å². The predicted molar refractivity (Wildman–Crippen MR) is 84.9 cm³/mol. The number of sulfonamides is 1. The van der Waals surface area contributed by atoms with E-state index in [0.717, 1.165) is 5.75 Å². The Bertz CT molecular complexity index is 625. The summed E-state index contributed by atoms with van der Waals surface area (Å²) in [4.78, 5) is -0.334. The molecule has 4 nitrogen and oxygen atoms in total. The molecule has 1 unspecified atom stereocenters. The Hall–Kier alpha value is -0.340. The Morgan fingerprint density at radius 2 is 2.24 bits per heavy atom. The van der Waals surface area contributed by atoms with E-state index >= 15 is 0 Å². The minimum Gasteiger partial charge on any atom is -0.316 e. The highest BCUT2D eigenvalue weighted by Crippen LogP contribution is 2.29. The third kappa shape index (κ3) is 3.53. The summed E-state index contributed by atoms with van der Waals surface area (Å²) in [5.41, 5.74) is 0.252. The zero-order valence-corrected chi connectivity index (χ0v) is 14.3. The molecular weight excluding hydrogens is 335 g/mol. The van der Waals surface area contributed by atoms with E-state index in [1.165, 1.54) is 16.4 Å². The van der Waals surface area contributed by atoms with E-state index in [1.807, 2.05) is 6.92 Å². The molecule has 0 spiro atoms. The van der Waals surface area contributed by atoms with Crippen LogP contribution in [-0.2, 0) is 16.6 Å². The Labute approximate surface area is 134 Å². The van der Waals surface area contributed by atoms with Crippen LogP contribution in [0.3, 0.4) is 0 Å². The Morgan fingerprint density at radius 1 is 1.52 bits per heavy atom. The number of nitrogens with one attached hydrogen (secondary N) is 1. The molecule has 0 aromatic heterocycles. The van der Waals surface area contributed by atoms with Crippen molar-refractivity contribution >= 4 is 33.4 Å². The maximum Gasteiger partial charge on any atom is 0.246 e. The van der Waals surface area contributed by atoms with E-state index in [9.17, 15) is 12.8 Å².